The second-order valence-corrected chi connectivity index (χ2v) is 7.03. The van der Waals surface area contributed by atoms with Crippen LogP contribution in [-0.2, 0) is 22.5 Å². The van der Waals surface area contributed by atoms with Gasteiger partial charge in [-0.1, -0.05) is 12.1 Å². The van der Waals surface area contributed by atoms with Crippen LogP contribution in [0.3, 0.4) is 0 Å². The summed E-state index contributed by atoms with van der Waals surface area (Å²) in [4.78, 5) is 30.5. The number of oxazole rings is 1. The number of carbonyl (C=O) groups excluding carboxylic acids is 2. The fourth-order valence-corrected chi connectivity index (χ4v) is 3.41. The van der Waals surface area contributed by atoms with Crippen molar-refractivity contribution in [3.8, 4) is 0 Å². The van der Waals surface area contributed by atoms with Crippen LogP contribution in [-0.4, -0.2) is 37.1 Å². The molecule has 7 nitrogen and oxygen atoms in total. The minimum atomic E-state index is -0.180. The van der Waals surface area contributed by atoms with E-state index in [0.29, 0.717) is 43.0 Å². The Morgan fingerprint density at radius 2 is 2.07 bits per heavy atom. The highest BCUT2D eigenvalue weighted by Crippen LogP contribution is 2.22. The number of aromatic nitrogens is 1. The van der Waals surface area contributed by atoms with E-state index in [-0.39, 0.29) is 11.8 Å². The molecular weight excluding hydrogens is 370 g/mol. The summed E-state index contributed by atoms with van der Waals surface area (Å²) >= 11 is 0. The highest BCUT2D eigenvalue weighted by molar-refractivity contribution is 5.97. The van der Waals surface area contributed by atoms with E-state index in [1.807, 2.05) is 24.3 Å². The molecule has 150 valence electrons. The van der Waals surface area contributed by atoms with Crippen LogP contribution in [0.2, 0.25) is 0 Å². The molecule has 3 aromatic rings. The lowest BCUT2D eigenvalue weighted by Gasteiger charge is -2.16. The fourth-order valence-electron chi connectivity index (χ4n) is 3.41. The molecule has 0 radical (unpaired) electrons. The lowest BCUT2D eigenvalue weighted by molar-refractivity contribution is -0.117. The number of amides is 2. The van der Waals surface area contributed by atoms with Gasteiger partial charge in [0.25, 0.3) is 5.91 Å². The third-order valence-corrected chi connectivity index (χ3v) is 4.99. The second kappa shape index (κ2) is 8.45. The van der Waals surface area contributed by atoms with Crippen LogP contribution in [0.4, 0.5) is 5.69 Å². The van der Waals surface area contributed by atoms with Gasteiger partial charge in [0.1, 0.15) is 5.52 Å². The Bertz CT molecular complexity index is 1030. The minimum Gasteiger partial charge on any atom is -0.441 e. The van der Waals surface area contributed by atoms with E-state index in [2.05, 4.69) is 10.3 Å². The van der Waals surface area contributed by atoms with Gasteiger partial charge in [0.2, 0.25) is 5.91 Å². The van der Waals surface area contributed by atoms with Crippen LogP contribution in [0, 0.1) is 0 Å². The topological polar surface area (TPSA) is 84.7 Å². The summed E-state index contributed by atoms with van der Waals surface area (Å²) < 4.78 is 10.7. The van der Waals surface area contributed by atoms with Crippen molar-refractivity contribution < 1.29 is 18.7 Å². The number of ether oxygens (including phenoxy) is 1. The summed E-state index contributed by atoms with van der Waals surface area (Å²) in [5, 5.41) is 2.92. The van der Waals surface area contributed by atoms with E-state index in [4.69, 9.17) is 9.15 Å². The molecule has 1 N–H and O–H groups in total. The van der Waals surface area contributed by atoms with Crippen LogP contribution in [0.1, 0.15) is 34.7 Å². The molecular formula is C22H23N3O4. The summed E-state index contributed by atoms with van der Waals surface area (Å²) in [6.45, 7) is 1.71. The van der Waals surface area contributed by atoms with Crippen molar-refractivity contribution in [3.05, 3.63) is 59.5 Å². The van der Waals surface area contributed by atoms with Gasteiger partial charge < -0.3 is 19.4 Å². The maximum absolute atomic E-state index is 12.5. The summed E-state index contributed by atoms with van der Waals surface area (Å²) in [6, 6.07) is 12.9. The largest absolute Gasteiger partial charge is 0.441 e. The molecule has 7 heteroatoms. The molecule has 0 unspecified atom stereocenters. The molecule has 1 aromatic heterocycles. The van der Waals surface area contributed by atoms with Crippen molar-refractivity contribution in [1.82, 2.24) is 10.3 Å². The van der Waals surface area contributed by atoms with E-state index >= 15 is 0 Å². The molecule has 1 fully saturated rings. The first kappa shape index (κ1) is 19.1. The molecule has 0 saturated carbocycles. The third-order valence-electron chi connectivity index (χ3n) is 4.99. The Labute approximate surface area is 168 Å². The predicted molar refractivity (Wildman–Crippen MR) is 109 cm³/mol. The van der Waals surface area contributed by atoms with E-state index in [9.17, 15) is 9.59 Å². The van der Waals surface area contributed by atoms with Gasteiger partial charge in [-0.05, 0) is 42.3 Å². The van der Waals surface area contributed by atoms with Crippen molar-refractivity contribution in [2.24, 2.45) is 0 Å². The average Bonchev–Trinajstić information content (AvgIpc) is 3.35. The van der Waals surface area contributed by atoms with E-state index in [1.165, 1.54) is 0 Å². The lowest BCUT2D eigenvalue weighted by atomic mass is 10.1. The maximum atomic E-state index is 12.5. The molecule has 1 aliphatic rings. The average molecular weight is 393 g/mol. The zero-order valence-electron chi connectivity index (χ0n) is 16.3. The van der Waals surface area contributed by atoms with Crippen LogP contribution in [0.5, 0.6) is 0 Å². The smallest absolute Gasteiger partial charge is 0.251 e. The van der Waals surface area contributed by atoms with Crippen molar-refractivity contribution >= 4 is 28.6 Å². The van der Waals surface area contributed by atoms with Gasteiger partial charge in [-0.15, -0.1) is 0 Å². The highest BCUT2D eigenvalue weighted by atomic mass is 16.5. The van der Waals surface area contributed by atoms with Crippen molar-refractivity contribution in [3.63, 3.8) is 0 Å². The van der Waals surface area contributed by atoms with Crippen molar-refractivity contribution in [2.45, 2.75) is 25.8 Å². The van der Waals surface area contributed by atoms with Crippen LogP contribution < -0.4 is 10.2 Å². The molecule has 29 heavy (non-hydrogen) atoms. The van der Waals surface area contributed by atoms with Gasteiger partial charge >= 0.3 is 0 Å². The van der Waals surface area contributed by atoms with Gasteiger partial charge in [0, 0.05) is 44.3 Å². The van der Waals surface area contributed by atoms with Crippen molar-refractivity contribution in [2.75, 3.05) is 25.2 Å². The standard InChI is InChI=1S/C22H23N3O4/c1-28-12-10-20-24-18-9-6-16(13-19(18)29-20)22(27)23-14-15-4-7-17(8-5-15)25-11-2-3-21(25)26/h4-9,13H,2-3,10-12,14H2,1H3,(H,23,27). The normalized spacial score (nSPS) is 14.0. The quantitative estimate of drug-likeness (QED) is 0.667. The van der Waals surface area contributed by atoms with Crippen LogP contribution in [0.15, 0.2) is 46.9 Å². The minimum absolute atomic E-state index is 0.166. The fraction of sp³-hybridized carbons (Fsp3) is 0.318. The predicted octanol–water partition coefficient (Wildman–Crippen LogP) is 3.07. The summed E-state index contributed by atoms with van der Waals surface area (Å²) in [7, 11) is 1.63. The molecule has 0 atom stereocenters. The van der Waals surface area contributed by atoms with Gasteiger partial charge in [0.05, 0.1) is 6.61 Å². The summed E-state index contributed by atoms with van der Waals surface area (Å²) in [5.41, 5.74) is 3.70. The Morgan fingerprint density at radius 3 is 2.79 bits per heavy atom. The Morgan fingerprint density at radius 1 is 1.24 bits per heavy atom. The Balaban J connectivity index is 1.38. The molecule has 0 aliphatic carbocycles. The molecule has 1 saturated heterocycles. The first-order chi connectivity index (χ1) is 14.1. The number of nitrogens with one attached hydrogen (secondary N) is 1. The molecule has 0 bridgehead atoms. The maximum Gasteiger partial charge on any atom is 0.251 e. The molecule has 1 aliphatic heterocycles. The van der Waals surface area contributed by atoms with Crippen molar-refractivity contribution in [1.29, 1.82) is 0 Å². The molecule has 4 rings (SSSR count). The molecule has 2 amide bonds. The number of methoxy groups -OCH3 is 1. The number of hydrogen-bond donors (Lipinski definition) is 1. The van der Waals surface area contributed by atoms with Gasteiger partial charge in [-0.3, -0.25) is 9.59 Å². The number of carbonyl (C=O) groups is 2. The van der Waals surface area contributed by atoms with Gasteiger partial charge in [-0.25, -0.2) is 4.98 Å². The number of anilines is 1. The molecule has 2 aromatic carbocycles. The summed E-state index contributed by atoms with van der Waals surface area (Å²) in [6.07, 6.45) is 2.10. The first-order valence-corrected chi connectivity index (χ1v) is 9.70. The van der Waals surface area contributed by atoms with Crippen LogP contribution in [0.25, 0.3) is 11.1 Å². The molecule has 2 heterocycles. The third kappa shape index (κ3) is 4.30. The van der Waals surface area contributed by atoms with Gasteiger partial charge in [-0.2, -0.15) is 0 Å². The Hall–Kier alpha value is -3.19. The van der Waals surface area contributed by atoms with E-state index in [1.54, 1.807) is 30.2 Å². The number of nitrogens with zero attached hydrogens (tertiary/aromatic N) is 2. The molecule has 0 spiro atoms. The summed E-state index contributed by atoms with van der Waals surface area (Å²) in [5.74, 6) is 0.579. The SMILES string of the molecule is COCCc1nc2ccc(C(=O)NCc3ccc(N4CCCC4=O)cc3)cc2o1. The highest BCUT2D eigenvalue weighted by Gasteiger charge is 2.21. The van der Waals surface area contributed by atoms with Gasteiger partial charge in [0.15, 0.2) is 11.5 Å². The van der Waals surface area contributed by atoms with E-state index in [0.717, 1.165) is 29.7 Å². The number of benzene rings is 2. The monoisotopic (exact) mass is 393 g/mol. The van der Waals surface area contributed by atoms with Crippen LogP contribution >= 0.6 is 0 Å². The van der Waals surface area contributed by atoms with E-state index < -0.39 is 0 Å². The number of hydrogen-bond acceptors (Lipinski definition) is 5. The zero-order valence-corrected chi connectivity index (χ0v) is 16.3. The number of fused-ring (bicyclic) bond motifs is 1. The lowest BCUT2D eigenvalue weighted by Crippen LogP contribution is -2.24. The zero-order chi connectivity index (χ0) is 20.2. The first-order valence-electron chi connectivity index (χ1n) is 9.70. The number of rotatable bonds is 7. The Kier molecular flexibility index (Phi) is 5.57. The second-order valence-electron chi connectivity index (χ2n) is 7.03.